The Morgan fingerprint density at radius 3 is 2.86 bits per heavy atom. The van der Waals surface area contributed by atoms with E-state index in [1.807, 2.05) is 0 Å². The predicted octanol–water partition coefficient (Wildman–Crippen LogP) is 0.615. The number of hydrogen-bond acceptors (Lipinski definition) is 4. The van der Waals surface area contributed by atoms with Gasteiger partial charge in [0, 0.05) is 18.6 Å². The number of hydrogen-bond donors (Lipinski definition) is 3. The van der Waals surface area contributed by atoms with Gasteiger partial charge >= 0.3 is 0 Å². The van der Waals surface area contributed by atoms with Gasteiger partial charge in [0.05, 0.1) is 6.04 Å². The maximum absolute atomic E-state index is 12.3. The normalized spacial score (nSPS) is 26.5. The van der Waals surface area contributed by atoms with Crippen LogP contribution in [0.2, 0.25) is 0 Å². The molecule has 1 aromatic rings. The maximum atomic E-state index is 12.3. The number of phenolic OH excluding ortho intramolecular Hbond substituents is 1. The Morgan fingerprint density at radius 1 is 1.33 bits per heavy atom. The van der Waals surface area contributed by atoms with Gasteiger partial charge < -0.3 is 16.2 Å². The highest BCUT2D eigenvalue weighted by molar-refractivity contribution is 5.82. The minimum Gasteiger partial charge on any atom is -0.508 e. The van der Waals surface area contributed by atoms with Crippen molar-refractivity contribution in [2.45, 2.75) is 43.8 Å². The Hall–Kier alpha value is -1.59. The second-order valence-electron chi connectivity index (χ2n) is 6.13. The van der Waals surface area contributed by atoms with Crippen LogP contribution < -0.4 is 11.1 Å². The molecule has 0 bridgehead atoms. The summed E-state index contributed by atoms with van der Waals surface area (Å²) in [6.07, 6.45) is 3.93. The molecule has 0 spiro atoms. The number of phenols is 1. The third kappa shape index (κ3) is 3.19. The molecule has 1 amide bonds. The van der Waals surface area contributed by atoms with E-state index in [0.717, 1.165) is 25.1 Å². The zero-order valence-electron chi connectivity index (χ0n) is 12.2. The molecule has 1 aromatic carbocycles. The summed E-state index contributed by atoms with van der Waals surface area (Å²) in [5.74, 6) is 0.158. The highest BCUT2D eigenvalue weighted by Crippen LogP contribution is 2.27. The molecule has 2 aliphatic rings. The third-order valence-electron chi connectivity index (χ3n) is 4.66. The van der Waals surface area contributed by atoms with Gasteiger partial charge in [-0.2, -0.15) is 0 Å². The lowest BCUT2D eigenvalue weighted by Gasteiger charge is -2.23. The maximum Gasteiger partial charge on any atom is 0.237 e. The Labute approximate surface area is 125 Å². The minimum absolute atomic E-state index is 0.0678. The Balaban J connectivity index is 1.54. The molecule has 0 saturated carbocycles. The number of benzene rings is 1. The van der Waals surface area contributed by atoms with Crippen molar-refractivity contribution in [1.82, 2.24) is 10.2 Å². The van der Waals surface area contributed by atoms with Crippen LogP contribution in [-0.4, -0.2) is 47.1 Å². The van der Waals surface area contributed by atoms with E-state index in [2.05, 4.69) is 10.2 Å². The van der Waals surface area contributed by atoms with E-state index in [1.165, 1.54) is 12.8 Å². The predicted molar refractivity (Wildman–Crippen MR) is 80.9 cm³/mol. The van der Waals surface area contributed by atoms with Crippen LogP contribution >= 0.6 is 0 Å². The molecule has 2 heterocycles. The van der Waals surface area contributed by atoms with E-state index in [4.69, 9.17) is 5.73 Å². The molecular formula is C16H23N3O2. The summed E-state index contributed by atoms with van der Waals surface area (Å²) in [5, 5.41) is 12.4. The van der Waals surface area contributed by atoms with Crippen LogP contribution in [0.4, 0.5) is 0 Å². The van der Waals surface area contributed by atoms with Crippen molar-refractivity contribution >= 4 is 5.91 Å². The second kappa shape index (κ2) is 6.03. The van der Waals surface area contributed by atoms with E-state index in [1.54, 1.807) is 24.3 Å². The van der Waals surface area contributed by atoms with Gasteiger partial charge in [0.25, 0.3) is 0 Å². The van der Waals surface area contributed by atoms with E-state index in [-0.39, 0.29) is 17.7 Å². The lowest BCUT2D eigenvalue weighted by atomic mass is 10.0. The first-order chi connectivity index (χ1) is 10.1. The summed E-state index contributed by atoms with van der Waals surface area (Å²) in [5.41, 5.74) is 6.98. The van der Waals surface area contributed by atoms with Crippen molar-refractivity contribution in [1.29, 1.82) is 0 Å². The first-order valence-corrected chi connectivity index (χ1v) is 7.71. The van der Waals surface area contributed by atoms with Crippen molar-refractivity contribution < 1.29 is 9.90 Å². The van der Waals surface area contributed by atoms with Crippen molar-refractivity contribution in [2.24, 2.45) is 5.73 Å². The molecule has 0 radical (unpaired) electrons. The summed E-state index contributed by atoms with van der Waals surface area (Å²) >= 11 is 0. The summed E-state index contributed by atoms with van der Waals surface area (Å²) in [6, 6.07) is 7.07. The van der Waals surface area contributed by atoms with Crippen LogP contribution in [0.15, 0.2) is 24.3 Å². The molecule has 3 atom stereocenters. The van der Waals surface area contributed by atoms with Gasteiger partial charge in [-0.05, 0) is 49.9 Å². The molecule has 114 valence electrons. The molecule has 4 N–H and O–H groups in total. The lowest BCUT2D eigenvalue weighted by molar-refractivity contribution is -0.123. The third-order valence-corrected chi connectivity index (χ3v) is 4.66. The van der Waals surface area contributed by atoms with Crippen molar-refractivity contribution in [2.75, 3.05) is 13.1 Å². The topological polar surface area (TPSA) is 78.6 Å². The molecule has 3 rings (SSSR count). The van der Waals surface area contributed by atoms with Crippen LogP contribution in [-0.2, 0) is 11.2 Å². The molecule has 5 nitrogen and oxygen atoms in total. The van der Waals surface area contributed by atoms with Gasteiger partial charge in [0.2, 0.25) is 5.91 Å². The van der Waals surface area contributed by atoms with Crippen LogP contribution in [0.3, 0.4) is 0 Å². The summed E-state index contributed by atoms with van der Waals surface area (Å²) in [6.45, 7) is 2.25. The Bertz CT molecular complexity index is 503. The molecule has 2 fully saturated rings. The van der Waals surface area contributed by atoms with Crippen LogP contribution in [0.25, 0.3) is 0 Å². The van der Waals surface area contributed by atoms with Crippen molar-refractivity contribution in [3.8, 4) is 5.75 Å². The largest absolute Gasteiger partial charge is 0.508 e. The number of carbonyl (C=O) groups excluding carboxylic acids is 1. The average Bonchev–Trinajstić information content (AvgIpc) is 3.06. The van der Waals surface area contributed by atoms with Crippen LogP contribution in [0.1, 0.15) is 24.8 Å². The van der Waals surface area contributed by atoms with Gasteiger partial charge in [0.1, 0.15) is 5.75 Å². The number of nitrogens with two attached hydrogens (primary N) is 1. The average molecular weight is 289 g/mol. The lowest BCUT2D eigenvalue weighted by Crippen LogP contribution is -2.49. The number of fused-ring (bicyclic) bond motifs is 1. The van der Waals surface area contributed by atoms with E-state index in [0.29, 0.717) is 12.5 Å². The van der Waals surface area contributed by atoms with E-state index >= 15 is 0 Å². The van der Waals surface area contributed by atoms with Crippen LogP contribution in [0, 0.1) is 0 Å². The highest BCUT2D eigenvalue weighted by Gasteiger charge is 2.38. The molecule has 2 saturated heterocycles. The first-order valence-electron chi connectivity index (χ1n) is 7.71. The fraction of sp³-hybridized carbons (Fsp3) is 0.562. The summed E-state index contributed by atoms with van der Waals surface area (Å²) < 4.78 is 0. The van der Waals surface area contributed by atoms with Gasteiger partial charge in [-0.1, -0.05) is 12.1 Å². The van der Waals surface area contributed by atoms with Gasteiger partial charge in [-0.25, -0.2) is 0 Å². The number of nitrogens with zero attached hydrogens (tertiary/aromatic N) is 1. The van der Waals surface area contributed by atoms with Crippen molar-refractivity contribution in [3.63, 3.8) is 0 Å². The quantitative estimate of drug-likeness (QED) is 0.759. The first kappa shape index (κ1) is 14.4. The number of amides is 1. The number of aromatic hydroxyl groups is 1. The molecule has 21 heavy (non-hydrogen) atoms. The van der Waals surface area contributed by atoms with E-state index < -0.39 is 6.04 Å². The molecule has 0 aromatic heterocycles. The molecule has 5 heteroatoms. The smallest absolute Gasteiger partial charge is 0.237 e. The zero-order chi connectivity index (χ0) is 14.8. The SMILES string of the molecule is NC(Cc1ccc(O)cc1)C(=O)NC1CCN2CCCC12. The fourth-order valence-electron chi connectivity index (χ4n) is 3.52. The molecule has 3 unspecified atom stereocenters. The fourth-order valence-corrected chi connectivity index (χ4v) is 3.52. The number of carbonyl (C=O) groups is 1. The standard InChI is InChI=1S/C16H23N3O2/c17-13(10-11-3-5-12(20)6-4-11)16(21)18-14-7-9-19-8-1-2-15(14)19/h3-6,13-15,20H,1-2,7-10,17H2,(H,18,21). The molecule has 0 aliphatic carbocycles. The zero-order valence-corrected chi connectivity index (χ0v) is 12.2. The van der Waals surface area contributed by atoms with Crippen molar-refractivity contribution in [3.05, 3.63) is 29.8 Å². The highest BCUT2D eigenvalue weighted by atomic mass is 16.3. The van der Waals surface area contributed by atoms with Gasteiger partial charge in [0.15, 0.2) is 0 Å². The second-order valence-corrected chi connectivity index (χ2v) is 6.13. The Morgan fingerprint density at radius 2 is 2.10 bits per heavy atom. The van der Waals surface area contributed by atoms with Gasteiger partial charge in [-0.15, -0.1) is 0 Å². The number of nitrogens with one attached hydrogen (secondary N) is 1. The number of rotatable bonds is 4. The van der Waals surface area contributed by atoms with Crippen LogP contribution in [0.5, 0.6) is 5.75 Å². The monoisotopic (exact) mass is 289 g/mol. The summed E-state index contributed by atoms with van der Waals surface area (Å²) in [7, 11) is 0. The molecular weight excluding hydrogens is 266 g/mol. The Kier molecular flexibility index (Phi) is 4.12. The molecule has 2 aliphatic heterocycles. The summed E-state index contributed by atoms with van der Waals surface area (Å²) in [4.78, 5) is 14.7. The minimum atomic E-state index is -0.537. The van der Waals surface area contributed by atoms with Gasteiger partial charge in [-0.3, -0.25) is 9.69 Å². The van der Waals surface area contributed by atoms with E-state index in [9.17, 15) is 9.90 Å².